The predicted molar refractivity (Wildman–Crippen MR) is 74.6 cm³/mol. The Kier molecular flexibility index (Phi) is 4.22. The molecule has 0 saturated carbocycles. The van der Waals surface area contributed by atoms with E-state index in [1.54, 1.807) is 19.1 Å². The maximum atomic E-state index is 13.0. The minimum atomic E-state index is -0.769. The number of benzene rings is 1. The Bertz CT molecular complexity index is 704. The van der Waals surface area contributed by atoms with Gasteiger partial charge in [-0.1, -0.05) is 19.1 Å². The van der Waals surface area contributed by atoms with E-state index in [1.165, 1.54) is 18.2 Å². The Labute approximate surface area is 119 Å². The van der Waals surface area contributed by atoms with Crippen molar-refractivity contribution in [1.82, 2.24) is 4.98 Å². The first-order valence-electron chi connectivity index (χ1n) is 6.22. The van der Waals surface area contributed by atoms with Gasteiger partial charge in [-0.3, -0.25) is 14.9 Å². The summed E-state index contributed by atoms with van der Waals surface area (Å²) in [6, 6.07) is 8.25. The molecule has 2 rings (SSSR count). The SMILES string of the molecule is CCc1ccc(NC(=O)c2cccc(F)n2)cc1[N+](=O)[O-]. The summed E-state index contributed by atoms with van der Waals surface area (Å²) in [7, 11) is 0. The van der Waals surface area contributed by atoms with Crippen molar-refractivity contribution in [3.63, 3.8) is 0 Å². The summed E-state index contributed by atoms with van der Waals surface area (Å²) in [5.41, 5.74) is 0.663. The maximum Gasteiger partial charge on any atom is 0.274 e. The van der Waals surface area contributed by atoms with Gasteiger partial charge in [0.1, 0.15) is 5.69 Å². The predicted octanol–water partition coefficient (Wildman–Crippen LogP) is 2.94. The largest absolute Gasteiger partial charge is 0.320 e. The van der Waals surface area contributed by atoms with Gasteiger partial charge < -0.3 is 5.32 Å². The van der Waals surface area contributed by atoms with Crippen molar-refractivity contribution in [2.24, 2.45) is 0 Å². The number of carbonyl (C=O) groups is 1. The average molecular weight is 289 g/mol. The lowest BCUT2D eigenvalue weighted by molar-refractivity contribution is -0.385. The van der Waals surface area contributed by atoms with Crippen LogP contribution in [0.4, 0.5) is 15.8 Å². The molecule has 0 aliphatic carbocycles. The molecule has 0 bridgehead atoms. The number of hydrogen-bond acceptors (Lipinski definition) is 4. The average Bonchev–Trinajstić information content (AvgIpc) is 2.47. The van der Waals surface area contributed by atoms with Crippen molar-refractivity contribution < 1.29 is 14.1 Å². The second-order valence-corrected chi connectivity index (χ2v) is 4.25. The van der Waals surface area contributed by atoms with Gasteiger partial charge in [-0.2, -0.15) is 4.39 Å². The van der Waals surface area contributed by atoms with Crippen molar-refractivity contribution in [3.8, 4) is 0 Å². The number of carbonyl (C=O) groups excluding carboxylic acids is 1. The summed E-state index contributed by atoms with van der Waals surface area (Å²) in [4.78, 5) is 25.8. The first-order chi connectivity index (χ1) is 10.0. The molecule has 0 unspecified atom stereocenters. The van der Waals surface area contributed by atoms with Crippen LogP contribution in [0.3, 0.4) is 0 Å². The lowest BCUT2D eigenvalue weighted by Crippen LogP contribution is -2.14. The summed E-state index contributed by atoms with van der Waals surface area (Å²) in [6.45, 7) is 1.80. The lowest BCUT2D eigenvalue weighted by Gasteiger charge is -2.06. The van der Waals surface area contributed by atoms with E-state index in [0.29, 0.717) is 12.0 Å². The minimum Gasteiger partial charge on any atom is -0.320 e. The van der Waals surface area contributed by atoms with E-state index < -0.39 is 16.8 Å². The molecule has 6 nitrogen and oxygen atoms in total. The van der Waals surface area contributed by atoms with Gasteiger partial charge in [-0.05, 0) is 24.6 Å². The third-order valence-electron chi connectivity index (χ3n) is 2.87. The molecule has 7 heteroatoms. The summed E-state index contributed by atoms with van der Waals surface area (Å²) in [5, 5.41) is 13.4. The molecule has 0 radical (unpaired) electrons. The number of rotatable bonds is 4. The smallest absolute Gasteiger partial charge is 0.274 e. The monoisotopic (exact) mass is 289 g/mol. The topological polar surface area (TPSA) is 85.1 Å². The van der Waals surface area contributed by atoms with Gasteiger partial charge in [0, 0.05) is 17.3 Å². The van der Waals surface area contributed by atoms with E-state index in [0.717, 1.165) is 6.07 Å². The molecule has 1 amide bonds. The first-order valence-corrected chi connectivity index (χ1v) is 6.22. The number of aromatic nitrogens is 1. The number of anilines is 1. The highest BCUT2D eigenvalue weighted by Crippen LogP contribution is 2.23. The van der Waals surface area contributed by atoms with Crippen LogP contribution in [0.15, 0.2) is 36.4 Å². The molecule has 0 atom stereocenters. The Hall–Kier alpha value is -2.83. The van der Waals surface area contributed by atoms with Crippen LogP contribution in [0.1, 0.15) is 23.0 Å². The summed E-state index contributed by atoms with van der Waals surface area (Å²) < 4.78 is 13.0. The maximum absolute atomic E-state index is 13.0. The summed E-state index contributed by atoms with van der Waals surface area (Å²) >= 11 is 0. The van der Waals surface area contributed by atoms with E-state index in [2.05, 4.69) is 10.3 Å². The fourth-order valence-electron chi connectivity index (χ4n) is 1.84. The molecule has 1 heterocycles. The second kappa shape index (κ2) is 6.08. The number of aryl methyl sites for hydroxylation is 1. The number of nitrogens with zero attached hydrogens (tertiary/aromatic N) is 2. The zero-order valence-electron chi connectivity index (χ0n) is 11.2. The number of nitro groups is 1. The number of amides is 1. The van der Waals surface area contributed by atoms with Crippen LogP contribution in [-0.4, -0.2) is 15.8 Å². The summed E-state index contributed by atoms with van der Waals surface area (Å²) in [6.07, 6.45) is 0.510. The van der Waals surface area contributed by atoms with Gasteiger partial charge in [-0.25, -0.2) is 4.98 Å². The van der Waals surface area contributed by atoms with Crippen molar-refractivity contribution in [1.29, 1.82) is 0 Å². The van der Waals surface area contributed by atoms with Crippen molar-refractivity contribution in [2.75, 3.05) is 5.32 Å². The molecular weight excluding hydrogens is 277 g/mol. The number of hydrogen-bond donors (Lipinski definition) is 1. The molecule has 0 saturated heterocycles. The number of nitrogens with one attached hydrogen (secondary N) is 1. The first kappa shape index (κ1) is 14.6. The molecule has 0 aliphatic heterocycles. The Balaban J connectivity index is 2.25. The number of nitro benzene ring substituents is 1. The zero-order chi connectivity index (χ0) is 15.4. The number of halogens is 1. The Morgan fingerprint density at radius 1 is 1.38 bits per heavy atom. The third-order valence-corrected chi connectivity index (χ3v) is 2.87. The van der Waals surface area contributed by atoms with Crippen LogP contribution in [0.25, 0.3) is 0 Å². The van der Waals surface area contributed by atoms with Crippen LogP contribution >= 0.6 is 0 Å². The molecule has 0 aliphatic rings. The van der Waals surface area contributed by atoms with Crippen molar-refractivity contribution in [2.45, 2.75) is 13.3 Å². The Morgan fingerprint density at radius 3 is 2.76 bits per heavy atom. The van der Waals surface area contributed by atoms with Crippen LogP contribution in [0.5, 0.6) is 0 Å². The van der Waals surface area contributed by atoms with Gasteiger partial charge >= 0.3 is 0 Å². The van der Waals surface area contributed by atoms with Crippen molar-refractivity contribution in [3.05, 3.63) is 63.7 Å². The molecule has 1 aromatic heterocycles. The number of pyridine rings is 1. The molecule has 21 heavy (non-hydrogen) atoms. The standard InChI is InChI=1S/C14H12FN3O3/c1-2-9-6-7-10(8-12(9)18(20)21)16-14(19)11-4-3-5-13(15)17-11/h3-8H,2H2,1H3,(H,16,19). The molecule has 108 valence electrons. The Morgan fingerprint density at radius 2 is 2.14 bits per heavy atom. The van der Waals surface area contributed by atoms with Crippen LogP contribution in [0, 0.1) is 16.1 Å². The highest BCUT2D eigenvalue weighted by molar-refractivity contribution is 6.03. The van der Waals surface area contributed by atoms with E-state index in [4.69, 9.17) is 0 Å². The van der Waals surface area contributed by atoms with Gasteiger partial charge in [0.2, 0.25) is 5.95 Å². The quantitative estimate of drug-likeness (QED) is 0.532. The van der Waals surface area contributed by atoms with Crippen LogP contribution in [0.2, 0.25) is 0 Å². The third kappa shape index (κ3) is 3.38. The lowest BCUT2D eigenvalue weighted by atomic mass is 10.1. The van der Waals surface area contributed by atoms with Gasteiger partial charge in [0.15, 0.2) is 0 Å². The van der Waals surface area contributed by atoms with Crippen LogP contribution < -0.4 is 5.32 Å². The highest BCUT2D eigenvalue weighted by atomic mass is 19.1. The van der Waals surface area contributed by atoms with Gasteiger partial charge in [0.25, 0.3) is 11.6 Å². The van der Waals surface area contributed by atoms with Gasteiger partial charge in [0.05, 0.1) is 4.92 Å². The molecule has 0 fully saturated rings. The molecule has 1 N–H and O–H groups in total. The summed E-state index contributed by atoms with van der Waals surface area (Å²) in [5.74, 6) is -1.40. The van der Waals surface area contributed by atoms with E-state index in [9.17, 15) is 19.3 Å². The van der Waals surface area contributed by atoms with Crippen molar-refractivity contribution >= 4 is 17.3 Å². The van der Waals surface area contributed by atoms with E-state index in [1.807, 2.05) is 0 Å². The fraction of sp³-hybridized carbons (Fsp3) is 0.143. The fourth-order valence-corrected chi connectivity index (χ4v) is 1.84. The van der Waals surface area contributed by atoms with Crippen LogP contribution in [-0.2, 0) is 6.42 Å². The minimum absolute atomic E-state index is 0.0671. The van der Waals surface area contributed by atoms with E-state index in [-0.39, 0.29) is 17.1 Å². The normalized spacial score (nSPS) is 10.2. The highest BCUT2D eigenvalue weighted by Gasteiger charge is 2.15. The molecule has 1 aromatic carbocycles. The second-order valence-electron chi connectivity index (χ2n) is 4.25. The van der Waals surface area contributed by atoms with Gasteiger partial charge in [-0.15, -0.1) is 0 Å². The molecule has 0 spiro atoms. The molecular formula is C14H12FN3O3. The molecule has 2 aromatic rings. The van der Waals surface area contributed by atoms with E-state index >= 15 is 0 Å². The zero-order valence-corrected chi connectivity index (χ0v) is 11.2.